The Morgan fingerprint density at radius 2 is 1.94 bits per heavy atom. The van der Waals surface area contributed by atoms with E-state index in [0.29, 0.717) is 42.1 Å². The minimum Gasteiger partial charge on any atom is -0.444 e. The van der Waals surface area contributed by atoms with Crippen LogP contribution < -0.4 is 4.90 Å². The Kier molecular flexibility index (Phi) is 5.57. The van der Waals surface area contributed by atoms with Gasteiger partial charge in [-0.2, -0.15) is 5.10 Å². The zero-order valence-corrected chi connectivity index (χ0v) is 20.6. The number of aryl methyl sites for hydroxylation is 1. The molecular formula is C26H29FN6O2. The van der Waals surface area contributed by atoms with E-state index in [-0.39, 0.29) is 18.0 Å². The predicted molar refractivity (Wildman–Crippen MR) is 134 cm³/mol. The Labute approximate surface area is 203 Å². The fourth-order valence-electron chi connectivity index (χ4n) is 4.48. The van der Waals surface area contributed by atoms with Gasteiger partial charge in [0, 0.05) is 55.3 Å². The molecule has 3 aromatic heterocycles. The van der Waals surface area contributed by atoms with E-state index in [1.54, 1.807) is 29.0 Å². The molecule has 5 rings (SSSR count). The molecule has 1 saturated heterocycles. The van der Waals surface area contributed by atoms with Crippen LogP contribution in [-0.4, -0.2) is 62.0 Å². The lowest BCUT2D eigenvalue weighted by Gasteiger charge is -2.41. The number of benzene rings is 1. The minimum atomic E-state index is -0.516. The van der Waals surface area contributed by atoms with Gasteiger partial charge >= 0.3 is 6.09 Å². The summed E-state index contributed by atoms with van der Waals surface area (Å²) in [4.78, 5) is 25.8. The molecule has 9 heteroatoms. The minimum absolute atomic E-state index is 0.00656. The van der Waals surface area contributed by atoms with E-state index in [4.69, 9.17) is 4.74 Å². The molecule has 8 nitrogen and oxygen atoms in total. The number of nitrogens with zero attached hydrogens (tertiary/aromatic N) is 6. The molecule has 0 spiro atoms. The summed E-state index contributed by atoms with van der Waals surface area (Å²) in [6.45, 7) is 9.60. The smallest absolute Gasteiger partial charge is 0.410 e. The number of rotatable bonds is 2. The van der Waals surface area contributed by atoms with Gasteiger partial charge in [-0.3, -0.25) is 4.68 Å². The van der Waals surface area contributed by atoms with E-state index in [9.17, 15) is 9.18 Å². The van der Waals surface area contributed by atoms with Gasteiger partial charge in [-0.15, -0.1) is 0 Å². The van der Waals surface area contributed by atoms with Crippen molar-refractivity contribution in [1.29, 1.82) is 0 Å². The molecule has 1 aliphatic heterocycles. The molecule has 0 N–H and O–H groups in total. The number of amides is 1. The maximum Gasteiger partial charge on any atom is 0.410 e. The van der Waals surface area contributed by atoms with Crippen LogP contribution in [-0.2, 0) is 11.8 Å². The van der Waals surface area contributed by atoms with Crippen LogP contribution in [0.5, 0.6) is 0 Å². The molecule has 4 aromatic rings. The van der Waals surface area contributed by atoms with Gasteiger partial charge in [0.25, 0.3) is 0 Å². The maximum absolute atomic E-state index is 14.6. The summed E-state index contributed by atoms with van der Waals surface area (Å²) in [6, 6.07) is 9.25. The van der Waals surface area contributed by atoms with Crippen LogP contribution in [0.1, 0.15) is 27.7 Å². The zero-order chi connectivity index (χ0) is 24.9. The van der Waals surface area contributed by atoms with E-state index in [1.165, 1.54) is 6.07 Å². The van der Waals surface area contributed by atoms with Crippen molar-refractivity contribution in [1.82, 2.24) is 24.6 Å². The fourth-order valence-corrected chi connectivity index (χ4v) is 4.48. The highest BCUT2D eigenvalue weighted by atomic mass is 19.1. The summed E-state index contributed by atoms with van der Waals surface area (Å²) >= 11 is 0. The Bertz CT molecular complexity index is 1430. The molecule has 1 atom stereocenters. The lowest BCUT2D eigenvalue weighted by Crippen LogP contribution is -2.55. The molecule has 1 aromatic carbocycles. The standard InChI is InChI=1S/C26H29FN6O2/c1-16-14-32(8-9-33(16)25(34)35-26(2,3)4)20-11-17-6-7-22(29-24(17)28-13-20)18-10-19-15-31(5)30-23(19)21(27)12-18/h6-7,10-13,15-16H,8-9,14H2,1-5H3/t16-/m0/s1. The molecular weight excluding hydrogens is 447 g/mol. The van der Waals surface area contributed by atoms with Gasteiger partial charge < -0.3 is 14.5 Å². The predicted octanol–water partition coefficient (Wildman–Crippen LogP) is 4.77. The van der Waals surface area contributed by atoms with Crippen LogP contribution in [0.2, 0.25) is 0 Å². The Balaban J connectivity index is 1.36. The Morgan fingerprint density at radius 1 is 1.14 bits per heavy atom. The van der Waals surface area contributed by atoms with Gasteiger partial charge in [-0.25, -0.2) is 19.2 Å². The number of hydrogen-bond donors (Lipinski definition) is 0. The van der Waals surface area contributed by atoms with Crippen molar-refractivity contribution in [3.05, 3.63) is 48.5 Å². The van der Waals surface area contributed by atoms with Gasteiger partial charge in [-0.1, -0.05) is 0 Å². The Morgan fingerprint density at radius 3 is 2.69 bits per heavy atom. The number of anilines is 1. The number of carbonyl (C=O) groups is 1. The summed E-state index contributed by atoms with van der Waals surface area (Å²) in [6.07, 6.45) is 3.32. The molecule has 0 aliphatic carbocycles. The largest absolute Gasteiger partial charge is 0.444 e. The van der Waals surface area contributed by atoms with E-state index < -0.39 is 5.60 Å². The number of halogens is 1. The second-order valence-corrected chi connectivity index (χ2v) is 10.1. The van der Waals surface area contributed by atoms with Crippen LogP contribution in [0.3, 0.4) is 0 Å². The SMILES string of the molecule is C[C@H]1CN(c2cnc3nc(-c4cc(F)c5nn(C)cc5c4)ccc3c2)CCN1C(=O)OC(C)(C)C. The Hall–Kier alpha value is -3.75. The van der Waals surface area contributed by atoms with Crippen molar-refractivity contribution >= 4 is 33.7 Å². The van der Waals surface area contributed by atoms with Crippen molar-refractivity contribution in [2.24, 2.45) is 7.05 Å². The number of aromatic nitrogens is 4. The van der Waals surface area contributed by atoms with E-state index in [1.807, 2.05) is 45.9 Å². The number of hydrogen-bond acceptors (Lipinski definition) is 6. The molecule has 1 aliphatic rings. The van der Waals surface area contributed by atoms with Crippen molar-refractivity contribution in [3.63, 3.8) is 0 Å². The highest BCUT2D eigenvalue weighted by Crippen LogP contribution is 2.28. The van der Waals surface area contributed by atoms with Crippen molar-refractivity contribution in [2.75, 3.05) is 24.5 Å². The number of piperazine rings is 1. The second-order valence-electron chi connectivity index (χ2n) is 10.1. The first kappa shape index (κ1) is 23.0. The van der Waals surface area contributed by atoms with Gasteiger partial charge in [0.1, 0.15) is 11.1 Å². The van der Waals surface area contributed by atoms with Gasteiger partial charge in [0.15, 0.2) is 11.5 Å². The average Bonchev–Trinajstić information content (AvgIpc) is 3.18. The second kappa shape index (κ2) is 8.48. The third kappa shape index (κ3) is 4.62. The van der Waals surface area contributed by atoms with E-state index in [0.717, 1.165) is 16.5 Å². The summed E-state index contributed by atoms with van der Waals surface area (Å²) in [7, 11) is 1.77. The van der Waals surface area contributed by atoms with Crippen LogP contribution in [0, 0.1) is 5.82 Å². The molecule has 182 valence electrons. The lowest BCUT2D eigenvalue weighted by atomic mass is 10.1. The number of pyridine rings is 2. The van der Waals surface area contributed by atoms with Gasteiger partial charge in [0.05, 0.1) is 17.6 Å². The average molecular weight is 477 g/mol. The van der Waals surface area contributed by atoms with Crippen LogP contribution in [0.15, 0.2) is 42.7 Å². The van der Waals surface area contributed by atoms with Gasteiger partial charge in [-0.05, 0) is 58.0 Å². The number of carbonyl (C=O) groups excluding carboxylic acids is 1. The number of fused-ring (bicyclic) bond motifs is 2. The molecule has 4 heterocycles. The fraction of sp³-hybridized carbons (Fsp3) is 0.385. The van der Waals surface area contributed by atoms with Crippen molar-refractivity contribution < 1.29 is 13.9 Å². The number of ether oxygens (including phenoxy) is 1. The van der Waals surface area contributed by atoms with Crippen LogP contribution >= 0.6 is 0 Å². The molecule has 1 fully saturated rings. The van der Waals surface area contributed by atoms with Crippen molar-refractivity contribution in [2.45, 2.75) is 39.3 Å². The quantitative estimate of drug-likeness (QED) is 0.415. The summed E-state index contributed by atoms with van der Waals surface area (Å²) in [5, 5.41) is 5.79. The monoisotopic (exact) mass is 476 g/mol. The molecule has 35 heavy (non-hydrogen) atoms. The summed E-state index contributed by atoms with van der Waals surface area (Å²) < 4.78 is 21.7. The van der Waals surface area contributed by atoms with Crippen molar-refractivity contribution in [3.8, 4) is 11.3 Å². The summed E-state index contributed by atoms with van der Waals surface area (Å²) in [5.74, 6) is -0.372. The maximum atomic E-state index is 14.6. The first-order chi connectivity index (χ1) is 16.6. The zero-order valence-electron chi connectivity index (χ0n) is 20.6. The normalized spacial score (nSPS) is 16.8. The van der Waals surface area contributed by atoms with Gasteiger partial charge in [0.2, 0.25) is 0 Å². The highest BCUT2D eigenvalue weighted by Gasteiger charge is 2.31. The van der Waals surface area contributed by atoms with E-state index in [2.05, 4.69) is 26.0 Å². The molecule has 1 amide bonds. The summed E-state index contributed by atoms with van der Waals surface area (Å²) in [5.41, 5.74) is 2.74. The van der Waals surface area contributed by atoms with Crippen LogP contribution in [0.4, 0.5) is 14.9 Å². The van der Waals surface area contributed by atoms with E-state index >= 15 is 0 Å². The molecule has 0 saturated carbocycles. The van der Waals surface area contributed by atoms with Crippen LogP contribution in [0.25, 0.3) is 33.2 Å². The lowest BCUT2D eigenvalue weighted by molar-refractivity contribution is 0.0159. The molecule has 0 unspecified atom stereocenters. The topological polar surface area (TPSA) is 76.4 Å². The first-order valence-corrected chi connectivity index (χ1v) is 11.7. The third-order valence-electron chi connectivity index (χ3n) is 6.12. The first-order valence-electron chi connectivity index (χ1n) is 11.7. The molecule has 0 radical (unpaired) electrons. The third-order valence-corrected chi connectivity index (χ3v) is 6.12. The molecule has 0 bridgehead atoms. The highest BCUT2D eigenvalue weighted by molar-refractivity contribution is 5.86.